The van der Waals surface area contributed by atoms with Crippen LogP contribution in [0.1, 0.15) is 48.9 Å². The van der Waals surface area contributed by atoms with E-state index in [4.69, 9.17) is 4.74 Å². The molecule has 0 spiro atoms. The highest BCUT2D eigenvalue weighted by Crippen LogP contribution is 2.59. The summed E-state index contributed by atoms with van der Waals surface area (Å²) >= 11 is 0. The standard InChI is InChI=1S/C22H28N2O4/c25-19(13-28-20(26)12-23-21(27)18-4-2-1-3-5-18)24-14-22-9-15-6-16(10-22)8-17(7-15)11-22/h1-5,15-17H,6-14H2,(H,23,27)(H,24,25). The van der Waals surface area contributed by atoms with Crippen LogP contribution in [0.4, 0.5) is 0 Å². The van der Waals surface area contributed by atoms with Crippen molar-refractivity contribution in [1.82, 2.24) is 10.6 Å². The molecule has 0 atom stereocenters. The summed E-state index contributed by atoms with van der Waals surface area (Å²) in [6.45, 7) is 0.139. The summed E-state index contributed by atoms with van der Waals surface area (Å²) in [5.74, 6) is 1.30. The van der Waals surface area contributed by atoms with Gasteiger partial charge in [0.05, 0.1) is 0 Å². The van der Waals surface area contributed by atoms with E-state index in [1.165, 1.54) is 38.5 Å². The summed E-state index contributed by atoms with van der Waals surface area (Å²) in [4.78, 5) is 35.8. The van der Waals surface area contributed by atoms with Gasteiger partial charge >= 0.3 is 5.97 Å². The summed E-state index contributed by atoms with van der Waals surface area (Å²) in [7, 11) is 0. The molecule has 0 aliphatic heterocycles. The van der Waals surface area contributed by atoms with Crippen LogP contribution in [0.15, 0.2) is 30.3 Å². The highest BCUT2D eigenvalue weighted by atomic mass is 16.5. The number of hydrogen-bond acceptors (Lipinski definition) is 4. The molecule has 6 nitrogen and oxygen atoms in total. The lowest BCUT2D eigenvalue weighted by atomic mass is 9.49. The van der Waals surface area contributed by atoms with E-state index in [0.29, 0.717) is 12.1 Å². The zero-order valence-electron chi connectivity index (χ0n) is 16.1. The van der Waals surface area contributed by atoms with E-state index < -0.39 is 5.97 Å². The lowest BCUT2D eigenvalue weighted by molar-refractivity contribution is -0.147. The first-order valence-electron chi connectivity index (χ1n) is 10.3. The predicted octanol–water partition coefficient (Wildman–Crippen LogP) is 2.29. The number of amides is 2. The maximum Gasteiger partial charge on any atom is 0.325 e. The maximum absolute atomic E-state index is 12.1. The second-order valence-electron chi connectivity index (χ2n) is 8.90. The molecule has 0 aromatic heterocycles. The first kappa shape index (κ1) is 19.0. The molecule has 6 heteroatoms. The molecule has 150 valence electrons. The summed E-state index contributed by atoms with van der Waals surface area (Å²) in [5, 5.41) is 5.48. The molecule has 4 fully saturated rings. The second kappa shape index (κ2) is 7.94. The molecule has 5 rings (SSSR count). The molecule has 4 saturated carbocycles. The van der Waals surface area contributed by atoms with Crippen molar-refractivity contribution in [3.63, 3.8) is 0 Å². The van der Waals surface area contributed by atoms with Crippen LogP contribution in [0.2, 0.25) is 0 Å². The van der Waals surface area contributed by atoms with Gasteiger partial charge in [-0.15, -0.1) is 0 Å². The van der Waals surface area contributed by atoms with Crippen LogP contribution in [0.5, 0.6) is 0 Å². The average molecular weight is 384 g/mol. The Morgan fingerprint density at radius 2 is 1.54 bits per heavy atom. The fourth-order valence-electron chi connectivity index (χ4n) is 5.88. The first-order valence-corrected chi connectivity index (χ1v) is 10.3. The van der Waals surface area contributed by atoms with Crippen molar-refractivity contribution < 1.29 is 19.1 Å². The molecule has 0 saturated heterocycles. The van der Waals surface area contributed by atoms with Crippen molar-refractivity contribution in [2.45, 2.75) is 38.5 Å². The third-order valence-electron chi connectivity index (χ3n) is 6.62. The number of carbonyl (C=O) groups excluding carboxylic acids is 3. The fraction of sp³-hybridized carbons (Fsp3) is 0.591. The Morgan fingerprint density at radius 3 is 2.14 bits per heavy atom. The van der Waals surface area contributed by atoms with Gasteiger partial charge in [-0.05, 0) is 73.8 Å². The van der Waals surface area contributed by atoms with Crippen LogP contribution < -0.4 is 10.6 Å². The predicted molar refractivity (Wildman–Crippen MR) is 103 cm³/mol. The monoisotopic (exact) mass is 384 g/mol. The van der Waals surface area contributed by atoms with Crippen molar-refractivity contribution in [3.05, 3.63) is 35.9 Å². The SMILES string of the molecule is O=C(COC(=O)CNC(=O)c1ccccc1)NCC12CC3CC(CC(C3)C1)C2. The van der Waals surface area contributed by atoms with E-state index >= 15 is 0 Å². The van der Waals surface area contributed by atoms with E-state index in [0.717, 1.165) is 17.8 Å². The van der Waals surface area contributed by atoms with E-state index in [2.05, 4.69) is 10.6 Å². The minimum Gasteiger partial charge on any atom is -0.454 e. The Balaban J connectivity index is 1.16. The molecule has 4 aliphatic carbocycles. The molecule has 1 aromatic rings. The van der Waals surface area contributed by atoms with E-state index in [1.807, 2.05) is 6.07 Å². The quantitative estimate of drug-likeness (QED) is 0.707. The Hall–Kier alpha value is -2.37. The van der Waals surface area contributed by atoms with Crippen molar-refractivity contribution in [3.8, 4) is 0 Å². The van der Waals surface area contributed by atoms with Gasteiger partial charge in [0.2, 0.25) is 0 Å². The van der Waals surface area contributed by atoms with Gasteiger partial charge in [-0.3, -0.25) is 14.4 Å². The summed E-state index contributed by atoms with van der Waals surface area (Å²) in [6, 6.07) is 8.65. The van der Waals surface area contributed by atoms with E-state index in [-0.39, 0.29) is 30.4 Å². The Labute approximate surface area is 165 Å². The maximum atomic E-state index is 12.1. The van der Waals surface area contributed by atoms with Crippen LogP contribution >= 0.6 is 0 Å². The molecule has 28 heavy (non-hydrogen) atoms. The molecule has 0 unspecified atom stereocenters. The molecule has 2 N–H and O–H groups in total. The second-order valence-corrected chi connectivity index (χ2v) is 8.90. The highest BCUT2D eigenvalue weighted by Gasteiger charge is 2.50. The summed E-state index contributed by atoms with van der Waals surface area (Å²) in [6.07, 6.45) is 7.80. The molecular weight excluding hydrogens is 356 g/mol. The zero-order valence-corrected chi connectivity index (χ0v) is 16.1. The van der Waals surface area contributed by atoms with Crippen molar-refractivity contribution in [2.75, 3.05) is 19.7 Å². The Morgan fingerprint density at radius 1 is 0.929 bits per heavy atom. The lowest BCUT2D eigenvalue weighted by Gasteiger charge is -2.56. The average Bonchev–Trinajstić information content (AvgIpc) is 2.68. The summed E-state index contributed by atoms with van der Waals surface area (Å²) in [5.41, 5.74) is 0.738. The lowest BCUT2D eigenvalue weighted by Crippen LogP contribution is -2.51. The molecule has 4 aliphatic rings. The number of benzene rings is 1. The first-order chi connectivity index (χ1) is 13.5. The van der Waals surface area contributed by atoms with Gasteiger partial charge in [0, 0.05) is 12.1 Å². The third-order valence-corrected chi connectivity index (χ3v) is 6.62. The van der Waals surface area contributed by atoms with E-state index in [1.54, 1.807) is 24.3 Å². The number of ether oxygens (including phenoxy) is 1. The van der Waals surface area contributed by atoms with Crippen LogP contribution in [0.3, 0.4) is 0 Å². The fourth-order valence-corrected chi connectivity index (χ4v) is 5.88. The normalized spacial score (nSPS) is 29.9. The van der Waals surface area contributed by atoms with Crippen molar-refractivity contribution in [1.29, 1.82) is 0 Å². The van der Waals surface area contributed by atoms with Gasteiger partial charge in [-0.25, -0.2) is 0 Å². The van der Waals surface area contributed by atoms with Gasteiger partial charge in [0.1, 0.15) is 6.54 Å². The van der Waals surface area contributed by atoms with Crippen LogP contribution in [0, 0.1) is 23.2 Å². The van der Waals surface area contributed by atoms with E-state index in [9.17, 15) is 14.4 Å². The minimum absolute atomic E-state index is 0.254. The van der Waals surface area contributed by atoms with Gasteiger partial charge in [0.25, 0.3) is 11.8 Å². The molecule has 2 amide bonds. The Bertz CT molecular complexity index is 711. The number of esters is 1. The number of hydrogen-bond donors (Lipinski definition) is 2. The zero-order chi connectivity index (χ0) is 19.6. The molecular formula is C22H28N2O4. The van der Waals surface area contributed by atoms with Crippen molar-refractivity contribution in [2.24, 2.45) is 23.2 Å². The smallest absolute Gasteiger partial charge is 0.325 e. The largest absolute Gasteiger partial charge is 0.454 e. The highest BCUT2D eigenvalue weighted by molar-refractivity contribution is 5.96. The number of rotatable bonds is 7. The Kier molecular flexibility index (Phi) is 5.38. The molecule has 0 heterocycles. The van der Waals surface area contributed by atoms with Crippen molar-refractivity contribution >= 4 is 17.8 Å². The topological polar surface area (TPSA) is 84.5 Å². The molecule has 1 aromatic carbocycles. The van der Waals surface area contributed by atoms with Gasteiger partial charge < -0.3 is 15.4 Å². The molecule has 0 radical (unpaired) electrons. The molecule has 4 bridgehead atoms. The van der Waals surface area contributed by atoms with Crippen LogP contribution in [-0.4, -0.2) is 37.5 Å². The number of nitrogens with one attached hydrogen (secondary N) is 2. The minimum atomic E-state index is -0.616. The van der Waals surface area contributed by atoms with Gasteiger partial charge in [0.15, 0.2) is 6.61 Å². The summed E-state index contributed by atoms with van der Waals surface area (Å²) < 4.78 is 5.00. The number of carbonyl (C=O) groups is 3. The van der Waals surface area contributed by atoms with Gasteiger partial charge in [-0.2, -0.15) is 0 Å². The van der Waals surface area contributed by atoms with Crippen LogP contribution in [0.25, 0.3) is 0 Å². The van der Waals surface area contributed by atoms with Crippen LogP contribution in [-0.2, 0) is 14.3 Å². The third kappa shape index (κ3) is 4.37. The van der Waals surface area contributed by atoms with Gasteiger partial charge in [-0.1, -0.05) is 18.2 Å².